The Morgan fingerprint density at radius 1 is 1.23 bits per heavy atom. The van der Waals surface area contributed by atoms with Crippen molar-refractivity contribution in [3.8, 4) is 5.75 Å². The lowest BCUT2D eigenvalue weighted by atomic mass is 10.1. The minimum atomic E-state index is 0. The number of hydrogen-bond acceptors (Lipinski definition) is 4. The van der Waals surface area contributed by atoms with Gasteiger partial charge in [-0.2, -0.15) is 0 Å². The fourth-order valence-electron chi connectivity index (χ4n) is 2.88. The average Bonchev–Trinajstić information content (AvgIpc) is 2.64. The third kappa shape index (κ3) is 8.09. The molecule has 0 saturated carbocycles. The van der Waals surface area contributed by atoms with Gasteiger partial charge in [-0.1, -0.05) is 12.1 Å². The van der Waals surface area contributed by atoms with Gasteiger partial charge in [-0.3, -0.25) is 0 Å². The summed E-state index contributed by atoms with van der Waals surface area (Å²) >= 11 is 0. The molecule has 0 bridgehead atoms. The van der Waals surface area contributed by atoms with Crippen molar-refractivity contribution in [1.82, 2.24) is 10.2 Å². The van der Waals surface area contributed by atoms with E-state index >= 15 is 0 Å². The van der Waals surface area contributed by atoms with Gasteiger partial charge in [0.05, 0.1) is 12.6 Å². The predicted octanol–water partition coefficient (Wildman–Crippen LogP) is 2.99. The summed E-state index contributed by atoms with van der Waals surface area (Å²) in [6.45, 7) is 6.98. The van der Waals surface area contributed by atoms with Crippen LogP contribution in [0.4, 0.5) is 0 Å². The van der Waals surface area contributed by atoms with Crippen LogP contribution in [0, 0.1) is 0 Å². The Morgan fingerprint density at radius 3 is 2.54 bits per heavy atom. The second-order valence-corrected chi connectivity index (χ2v) is 6.24. The summed E-state index contributed by atoms with van der Waals surface area (Å²) in [5.41, 5.74) is 1.09. The zero-order chi connectivity index (χ0) is 17.9. The van der Waals surface area contributed by atoms with Crippen molar-refractivity contribution in [1.29, 1.82) is 0 Å². The van der Waals surface area contributed by atoms with Crippen LogP contribution in [0.25, 0.3) is 0 Å². The average molecular weight is 477 g/mol. The first kappa shape index (κ1) is 23.0. The quantitative estimate of drug-likeness (QED) is 0.261. The van der Waals surface area contributed by atoms with E-state index in [1.807, 2.05) is 12.1 Å². The van der Waals surface area contributed by atoms with Crippen molar-refractivity contribution in [2.24, 2.45) is 4.99 Å². The molecule has 0 amide bonds. The SMILES string of the molecule is CCNC(=NCc1ccc(O)cc1)N1CCC(OCCCOC)CC1.I. The molecule has 1 aliphatic heterocycles. The van der Waals surface area contributed by atoms with E-state index in [1.165, 1.54) is 0 Å². The number of piperidine rings is 1. The van der Waals surface area contributed by atoms with Crippen LogP contribution in [0.1, 0.15) is 31.7 Å². The smallest absolute Gasteiger partial charge is 0.194 e. The fourth-order valence-corrected chi connectivity index (χ4v) is 2.88. The van der Waals surface area contributed by atoms with Crippen molar-refractivity contribution in [3.05, 3.63) is 29.8 Å². The van der Waals surface area contributed by atoms with E-state index in [1.54, 1.807) is 19.2 Å². The largest absolute Gasteiger partial charge is 0.508 e. The molecule has 26 heavy (non-hydrogen) atoms. The number of ether oxygens (including phenoxy) is 2. The van der Waals surface area contributed by atoms with Crippen LogP contribution >= 0.6 is 24.0 Å². The lowest BCUT2D eigenvalue weighted by Crippen LogP contribution is -2.47. The lowest BCUT2D eigenvalue weighted by Gasteiger charge is -2.34. The van der Waals surface area contributed by atoms with Gasteiger partial charge in [0.15, 0.2) is 5.96 Å². The topological polar surface area (TPSA) is 66.3 Å². The van der Waals surface area contributed by atoms with E-state index in [4.69, 9.17) is 14.5 Å². The van der Waals surface area contributed by atoms with Gasteiger partial charge in [0, 0.05) is 40.0 Å². The molecule has 1 saturated heterocycles. The summed E-state index contributed by atoms with van der Waals surface area (Å²) < 4.78 is 11.0. The zero-order valence-electron chi connectivity index (χ0n) is 15.8. The number of aromatic hydroxyl groups is 1. The van der Waals surface area contributed by atoms with Crippen molar-refractivity contribution < 1.29 is 14.6 Å². The van der Waals surface area contributed by atoms with Crippen LogP contribution in [-0.2, 0) is 16.0 Å². The van der Waals surface area contributed by atoms with Gasteiger partial charge in [-0.05, 0) is 43.9 Å². The standard InChI is InChI=1S/C19H31N3O3.HI/c1-3-20-19(21-15-16-5-7-17(23)8-6-16)22-11-9-18(10-12-22)25-14-4-13-24-2;/h5-8,18,23H,3-4,9-15H2,1-2H3,(H,20,21);1H. The number of phenolic OH excluding ortho intramolecular Hbond substituents is 1. The number of nitrogens with one attached hydrogen (secondary N) is 1. The van der Waals surface area contributed by atoms with Crippen LogP contribution in [0.2, 0.25) is 0 Å². The molecule has 148 valence electrons. The third-order valence-corrected chi connectivity index (χ3v) is 4.27. The van der Waals surface area contributed by atoms with Crippen molar-refractivity contribution in [3.63, 3.8) is 0 Å². The first-order valence-corrected chi connectivity index (χ1v) is 9.14. The summed E-state index contributed by atoms with van der Waals surface area (Å²) in [4.78, 5) is 7.05. The van der Waals surface area contributed by atoms with Crippen molar-refractivity contribution in [2.45, 2.75) is 38.8 Å². The molecule has 2 rings (SSSR count). The summed E-state index contributed by atoms with van der Waals surface area (Å²) in [5, 5.41) is 12.7. The van der Waals surface area contributed by atoms with Gasteiger partial charge in [-0.25, -0.2) is 4.99 Å². The first-order valence-electron chi connectivity index (χ1n) is 9.14. The summed E-state index contributed by atoms with van der Waals surface area (Å²) in [7, 11) is 1.72. The number of halogens is 1. The highest BCUT2D eigenvalue weighted by Gasteiger charge is 2.21. The molecule has 1 aliphatic rings. The van der Waals surface area contributed by atoms with E-state index < -0.39 is 0 Å². The minimum Gasteiger partial charge on any atom is -0.508 e. The maximum atomic E-state index is 9.36. The number of guanidine groups is 1. The highest BCUT2D eigenvalue weighted by molar-refractivity contribution is 14.0. The Hall–Kier alpha value is -1.06. The van der Waals surface area contributed by atoms with Crippen LogP contribution < -0.4 is 5.32 Å². The molecule has 6 nitrogen and oxygen atoms in total. The Kier molecular flexibility index (Phi) is 11.6. The first-order chi connectivity index (χ1) is 12.2. The van der Waals surface area contributed by atoms with E-state index in [-0.39, 0.29) is 29.7 Å². The lowest BCUT2D eigenvalue weighted by molar-refractivity contribution is 0.00990. The van der Waals surface area contributed by atoms with Crippen molar-refractivity contribution in [2.75, 3.05) is 40.0 Å². The Balaban J connectivity index is 0.00000338. The van der Waals surface area contributed by atoms with E-state index in [9.17, 15) is 5.11 Å². The summed E-state index contributed by atoms with van der Waals surface area (Å²) in [6, 6.07) is 7.21. The maximum absolute atomic E-state index is 9.36. The van der Waals surface area contributed by atoms with E-state index in [0.717, 1.165) is 63.6 Å². The number of likely N-dealkylation sites (tertiary alicyclic amines) is 1. The number of benzene rings is 1. The molecule has 1 aromatic rings. The van der Waals surface area contributed by atoms with Crippen molar-refractivity contribution >= 4 is 29.9 Å². The molecule has 0 radical (unpaired) electrons. The second kappa shape index (κ2) is 13.2. The molecular weight excluding hydrogens is 445 g/mol. The highest BCUT2D eigenvalue weighted by Crippen LogP contribution is 2.15. The molecule has 0 aromatic heterocycles. The number of phenols is 1. The van der Waals surface area contributed by atoms with Gasteiger partial charge in [0.2, 0.25) is 0 Å². The minimum absolute atomic E-state index is 0. The van der Waals surface area contributed by atoms with E-state index in [0.29, 0.717) is 12.6 Å². The molecule has 0 atom stereocenters. The van der Waals surface area contributed by atoms with Gasteiger partial charge < -0.3 is 24.8 Å². The molecule has 1 fully saturated rings. The number of methoxy groups -OCH3 is 1. The van der Waals surface area contributed by atoms with E-state index in [2.05, 4.69) is 17.1 Å². The number of hydrogen-bond donors (Lipinski definition) is 2. The number of rotatable bonds is 8. The number of nitrogens with zero attached hydrogens (tertiary/aromatic N) is 2. The van der Waals surface area contributed by atoms with Crippen LogP contribution in [0.5, 0.6) is 5.75 Å². The normalized spacial score (nSPS) is 15.6. The Bertz CT molecular complexity index is 517. The predicted molar refractivity (Wildman–Crippen MR) is 115 cm³/mol. The van der Waals surface area contributed by atoms with Crippen LogP contribution in [0.3, 0.4) is 0 Å². The van der Waals surface area contributed by atoms with Crippen LogP contribution in [-0.4, -0.2) is 62.0 Å². The number of aliphatic imine (C=N–C) groups is 1. The highest BCUT2D eigenvalue weighted by atomic mass is 127. The van der Waals surface area contributed by atoms with Gasteiger partial charge in [0.25, 0.3) is 0 Å². The molecular formula is C19H32IN3O3. The molecule has 0 spiro atoms. The maximum Gasteiger partial charge on any atom is 0.194 e. The summed E-state index contributed by atoms with van der Waals surface area (Å²) in [5.74, 6) is 1.24. The second-order valence-electron chi connectivity index (χ2n) is 6.24. The van der Waals surface area contributed by atoms with Gasteiger partial charge in [0.1, 0.15) is 5.75 Å². The molecule has 7 heteroatoms. The Labute approximate surface area is 174 Å². The van der Waals surface area contributed by atoms with Gasteiger partial charge in [-0.15, -0.1) is 24.0 Å². The Morgan fingerprint density at radius 2 is 1.92 bits per heavy atom. The van der Waals surface area contributed by atoms with Gasteiger partial charge >= 0.3 is 0 Å². The molecule has 0 aliphatic carbocycles. The molecule has 0 unspecified atom stereocenters. The summed E-state index contributed by atoms with van der Waals surface area (Å²) in [6.07, 6.45) is 3.34. The monoisotopic (exact) mass is 477 g/mol. The molecule has 1 heterocycles. The fraction of sp³-hybridized carbons (Fsp3) is 0.632. The zero-order valence-corrected chi connectivity index (χ0v) is 18.1. The third-order valence-electron chi connectivity index (χ3n) is 4.27. The molecule has 2 N–H and O–H groups in total. The van der Waals surface area contributed by atoms with Crippen LogP contribution in [0.15, 0.2) is 29.3 Å². The molecule has 1 aromatic carbocycles.